The van der Waals surface area contributed by atoms with Crippen molar-refractivity contribution >= 4 is 0 Å². The van der Waals surface area contributed by atoms with Crippen LogP contribution in [0.25, 0.3) is 0 Å². The summed E-state index contributed by atoms with van der Waals surface area (Å²) in [6.45, 7) is 6.91. The lowest BCUT2D eigenvalue weighted by Gasteiger charge is -2.33. The highest BCUT2D eigenvalue weighted by atomic mass is 19.2. The van der Waals surface area contributed by atoms with E-state index in [0.717, 1.165) is 6.07 Å². The molecule has 0 aliphatic carbocycles. The molecule has 0 aromatic heterocycles. The van der Waals surface area contributed by atoms with E-state index in [2.05, 4.69) is 0 Å². The lowest BCUT2D eigenvalue weighted by molar-refractivity contribution is 0.172. The second-order valence-electron chi connectivity index (χ2n) is 6.02. The smallest absolute Gasteiger partial charge is 0.161 e. The Labute approximate surface area is 112 Å². The standard InChI is InChI=1S/C14H21F3N2/c1-14(2,3)8-19(4)13(7-18)9-5-11(16)12(17)6-10(9)15/h5-6,13H,7-8,18H2,1-4H3. The van der Waals surface area contributed by atoms with Crippen molar-refractivity contribution in [1.29, 1.82) is 0 Å². The Kier molecular flexibility index (Phi) is 4.98. The first-order valence-corrected chi connectivity index (χ1v) is 6.20. The van der Waals surface area contributed by atoms with Crippen molar-refractivity contribution in [2.24, 2.45) is 11.1 Å². The lowest BCUT2D eigenvalue weighted by atomic mass is 9.94. The number of hydrogen-bond donors (Lipinski definition) is 1. The summed E-state index contributed by atoms with van der Waals surface area (Å²) in [5, 5.41) is 0. The molecule has 0 saturated heterocycles. The first-order chi connectivity index (χ1) is 8.65. The molecule has 0 fully saturated rings. The highest BCUT2D eigenvalue weighted by Crippen LogP contribution is 2.26. The normalized spacial score (nSPS) is 13.9. The maximum atomic E-state index is 13.8. The highest BCUT2D eigenvalue weighted by molar-refractivity contribution is 5.24. The molecule has 1 rings (SSSR count). The van der Waals surface area contributed by atoms with Crippen molar-refractivity contribution in [3.05, 3.63) is 35.1 Å². The molecule has 0 bridgehead atoms. The summed E-state index contributed by atoms with van der Waals surface area (Å²) in [6.07, 6.45) is 0. The Morgan fingerprint density at radius 1 is 1.11 bits per heavy atom. The van der Waals surface area contributed by atoms with E-state index < -0.39 is 23.5 Å². The zero-order valence-electron chi connectivity index (χ0n) is 11.8. The molecule has 1 atom stereocenters. The molecule has 0 spiro atoms. The summed E-state index contributed by atoms with van der Waals surface area (Å²) in [4.78, 5) is 1.86. The predicted octanol–water partition coefficient (Wildman–Crippen LogP) is 3.08. The number of rotatable bonds is 4. The van der Waals surface area contributed by atoms with Crippen LogP contribution in [0.1, 0.15) is 32.4 Å². The number of nitrogens with zero attached hydrogens (tertiary/aromatic N) is 1. The van der Waals surface area contributed by atoms with Crippen LogP contribution in [0.5, 0.6) is 0 Å². The monoisotopic (exact) mass is 274 g/mol. The van der Waals surface area contributed by atoms with E-state index in [1.54, 1.807) is 7.05 Å². The van der Waals surface area contributed by atoms with Gasteiger partial charge in [-0.3, -0.25) is 4.90 Å². The fourth-order valence-electron chi connectivity index (χ4n) is 2.20. The molecular formula is C14H21F3N2. The van der Waals surface area contributed by atoms with Gasteiger partial charge in [0.25, 0.3) is 0 Å². The number of hydrogen-bond acceptors (Lipinski definition) is 2. The second kappa shape index (κ2) is 5.92. The van der Waals surface area contributed by atoms with E-state index in [9.17, 15) is 13.2 Å². The molecule has 0 radical (unpaired) electrons. The van der Waals surface area contributed by atoms with Gasteiger partial charge in [-0.2, -0.15) is 0 Å². The van der Waals surface area contributed by atoms with Gasteiger partial charge < -0.3 is 5.73 Å². The van der Waals surface area contributed by atoms with Gasteiger partial charge in [-0.1, -0.05) is 20.8 Å². The van der Waals surface area contributed by atoms with Gasteiger partial charge in [-0.15, -0.1) is 0 Å². The van der Waals surface area contributed by atoms with Crippen LogP contribution in [0.2, 0.25) is 0 Å². The first-order valence-electron chi connectivity index (χ1n) is 6.20. The van der Waals surface area contributed by atoms with Gasteiger partial charge in [0.1, 0.15) is 5.82 Å². The highest BCUT2D eigenvalue weighted by Gasteiger charge is 2.24. The summed E-state index contributed by atoms with van der Waals surface area (Å²) < 4.78 is 40.0. The fourth-order valence-corrected chi connectivity index (χ4v) is 2.20. The number of halogens is 3. The Bertz CT molecular complexity index is 441. The van der Waals surface area contributed by atoms with Crippen LogP contribution in [0, 0.1) is 22.9 Å². The first kappa shape index (κ1) is 16.0. The van der Waals surface area contributed by atoms with Crippen molar-refractivity contribution in [1.82, 2.24) is 4.90 Å². The van der Waals surface area contributed by atoms with Gasteiger partial charge in [0.15, 0.2) is 11.6 Å². The van der Waals surface area contributed by atoms with Crippen LogP contribution in [-0.4, -0.2) is 25.0 Å². The van der Waals surface area contributed by atoms with Crippen molar-refractivity contribution in [3.8, 4) is 0 Å². The average molecular weight is 274 g/mol. The molecule has 5 heteroatoms. The lowest BCUT2D eigenvalue weighted by Crippen LogP contribution is -2.37. The Morgan fingerprint density at radius 2 is 1.63 bits per heavy atom. The van der Waals surface area contributed by atoms with Gasteiger partial charge in [-0.25, -0.2) is 13.2 Å². The van der Waals surface area contributed by atoms with Crippen LogP contribution in [-0.2, 0) is 0 Å². The van der Waals surface area contributed by atoms with Gasteiger partial charge >= 0.3 is 0 Å². The Morgan fingerprint density at radius 3 is 2.11 bits per heavy atom. The minimum Gasteiger partial charge on any atom is -0.329 e. The van der Waals surface area contributed by atoms with E-state index >= 15 is 0 Å². The summed E-state index contributed by atoms with van der Waals surface area (Å²) >= 11 is 0. The van der Waals surface area contributed by atoms with Gasteiger partial charge in [0.05, 0.1) is 0 Å². The van der Waals surface area contributed by atoms with Gasteiger partial charge in [0, 0.05) is 30.8 Å². The van der Waals surface area contributed by atoms with Crippen molar-refractivity contribution in [2.75, 3.05) is 20.1 Å². The maximum absolute atomic E-state index is 13.8. The molecule has 2 N–H and O–H groups in total. The van der Waals surface area contributed by atoms with Crippen LogP contribution >= 0.6 is 0 Å². The van der Waals surface area contributed by atoms with E-state index in [-0.39, 0.29) is 17.5 Å². The fraction of sp³-hybridized carbons (Fsp3) is 0.571. The molecule has 2 nitrogen and oxygen atoms in total. The molecule has 108 valence electrons. The maximum Gasteiger partial charge on any atom is 0.161 e. The summed E-state index contributed by atoms with van der Waals surface area (Å²) in [7, 11) is 1.80. The summed E-state index contributed by atoms with van der Waals surface area (Å²) in [6, 6.07) is 0.980. The molecule has 0 aliphatic heterocycles. The Balaban J connectivity index is 3.06. The van der Waals surface area contributed by atoms with E-state index in [0.29, 0.717) is 12.6 Å². The van der Waals surface area contributed by atoms with Gasteiger partial charge in [-0.05, 0) is 18.5 Å². The van der Waals surface area contributed by atoms with Crippen LogP contribution in [0.4, 0.5) is 13.2 Å². The minimum atomic E-state index is -1.18. The van der Waals surface area contributed by atoms with E-state index in [4.69, 9.17) is 5.73 Å². The van der Waals surface area contributed by atoms with Crippen molar-refractivity contribution < 1.29 is 13.2 Å². The Hall–Kier alpha value is -1.07. The van der Waals surface area contributed by atoms with Crippen LogP contribution in [0.15, 0.2) is 12.1 Å². The minimum absolute atomic E-state index is 0.00276. The molecule has 0 heterocycles. The number of benzene rings is 1. The third-order valence-electron chi connectivity index (χ3n) is 2.88. The largest absolute Gasteiger partial charge is 0.329 e. The predicted molar refractivity (Wildman–Crippen MR) is 70.2 cm³/mol. The molecule has 1 unspecified atom stereocenters. The SMILES string of the molecule is CN(CC(C)(C)C)C(CN)c1cc(F)c(F)cc1F. The second-order valence-corrected chi connectivity index (χ2v) is 6.02. The number of likely N-dealkylation sites (N-methyl/N-ethyl adjacent to an activating group) is 1. The molecule has 0 aliphatic rings. The summed E-state index contributed by atoms with van der Waals surface area (Å²) in [5.74, 6) is -3.01. The zero-order chi connectivity index (χ0) is 14.8. The topological polar surface area (TPSA) is 29.3 Å². The van der Waals surface area contributed by atoms with Crippen LogP contribution in [0.3, 0.4) is 0 Å². The molecule has 0 amide bonds. The summed E-state index contributed by atoms with van der Waals surface area (Å²) in [5.41, 5.74) is 5.75. The molecular weight excluding hydrogens is 253 g/mol. The van der Waals surface area contributed by atoms with Crippen molar-refractivity contribution in [3.63, 3.8) is 0 Å². The number of nitrogens with two attached hydrogens (primary N) is 1. The van der Waals surface area contributed by atoms with Crippen LogP contribution < -0.4 is 5.73 Å². The molecule has 1 aromatic carbocycles. The van der Waals surface area contributed by atoms with Crippen molar-refractivity contribution in [2.45, 2.75) is 26.8 Å². The molecule has 1 aromatic rings. The quantitative estimate of drug-likeness (QED) is 0.855. The van der Waals surface area contributed by atoms with E-state index in [1.807, 2.05) is 25.7 Å². The third-order valence-corrected chi connectivity index (χ3v) is 2.88. The third kappa shape index (κ3) is 4.21. The average Bonchev–Trinajstić information content (AvgIpc) is 2.23. The van der Waals surface area contributed by atoms with Gasteiger partial charge in [0.2, 0.25) is 0 Å². The molecule has 0 saturated carbocycles. The van der Waals surface area contributed by atoms with E-state index in [1.165, 1.54) is 0 Å². The zero-order valence-corrected chi connectivity index (χ0v) is 11.8. The molecule has 19 heavy (non-hydrogen) atoms.